The molecule has 1 N–H and O–H groups in total. The number of hydrogen-bond acceptors (Lipinski definition) is 3. The smallest absolute Gasteiger partial charge is 0.227 e. The Balaban J connectivity index is 1.52. The van der Waals surface area contributed by atoms with Crippen molar-refractivity contribution in [2.45, 2.75) is 26.2 Å². The van der Waals surface area contributed by atoms with Gasteiger partial charge in [0.1, 0.15) is 0 Å². The molecule has 1 aliphatic heterocycles. The molecule has 0 bridgehead atoms. The lowest BCUT2D eigenvalue weighted by Gasteiger charge is -2.31. The molecule has 0 aliphatic carbocycles. The zero-order valence-corrected chi connectivity index (χ0v) is 15.7. The van der Waals surface area contributed by atoms with Crippen LogP contribution in [0.25, 0.3) is 0 Å². The number of carbonyl (C=O) groups excluding carboxylic acids is 2. The molecule has 2 amide bonds. The van der Waals surface area contributed by atoms with Gasteiger partial charge in [0, 0.05) is 34.6 Å². The number of nitrogens with one attached hydrogen (secondary N) is 1. The number of piperidine rings is 1. The zero-order chi connectivity index (χ0) is 17.8. The molecule has 25 heavy (non-hydrogen) atoms. The molecule has 1 aliphatic rings. The molecule has 3 rings (SSSR count). The number of hydrogen-bond donors (Lipinski definition) is 1. The number of rotatable bonds is 4. The summed E-state index contributed by atoms with van der Waals surface area (Å²) in [7, 11) is 0. The first-order chi connectivity index (χ1) is 12.0. The molecule has 0 radical (unpaired) electrons. The zero-order valence-electron chi connectivity index (χ0n) is 14.1. The Morgan fingerprint density at radius 3 is 2.72 bits per heavy atom. The fourth-order valence-electron chi connectivity index (χ4n) is 3.03. The highest BCUT2D eigenvalue weighted by Gasteiger charge is 2.27. The normalized spacial score (nSPS) is 15.2. The maximum absolute atomic E-state index is 12.5. The lowest BCUT2D eigenvalue weighted by atomic mass is 9.95. The maximum Gasteiger partial charge on any atom is 0.227 e. The standard InChI is InChI=1S/C19H21ClN2O2S/c1-13-4-5-15(20)11-17(13)21-19(24)14-6-8-22(9-7-14)18(23)12-16-3-2-10-25-16/h2-5,10-11,14H,6-9,12H2,1H3,(H,21,24). The van der Waals surface area contributed by atoms with Crippen molar-refractivity contribution in [3.05, 3.63) is 51.2 Å². The number of amides is 2. The van der Waals surface area contributed by atoms with E-state index < -0.39 is 0 Å². The monoisotopic (exact) mass is 376 g/mol. The van der Waals surface area contributed by atoms with Crippen LogP contribution in [0.15, 0.2) is 35.7 Å². The third-order valence-corrected chi connectivity index (χ3v) is 5.69. The fourth-order valence-corrected chi connectivity index (χ4v) is 3.90. The van der Waals surface area contributed by atoms with Gasteiger partial charge in [-0.2, -0.15) is 0 Å². The third kappa shape index (κ3) is 4.61. The molecule has 2 heterocycles. The number of halogens is 1. The molecule has 4 nitrogen and oxygen atoms in total. The van der Waals surface area contributed by atoms with Crippen LogP contribution in [-0.4, -0.2) is 29.8 Å². The molecule has 132 valence electrons. The molecule has 1 saturated heterocycles. The van der Waals surface area contributed by atoms with Crippen molar-refractivity contribution in [3.63, 3.8) is 0 Å². The van der Waals surface area contributed by atoms with E-state index in [9.17, 15) is 9.59 Å². The SMILES string of the molecule is Cc1ccc(Cl)cc1NC(=O)C1CCN(C(=O)Cc2cccs2)CC1. The highest BCUT2D eigenvalue weighted by Crippen LogP contribution is 2.24. The lowest BCUT2D eigenvalue weighted by Crippen LogP contribution is -2.42. The van der Waals surface area contributed by atoms with Gasteiger partial charge < -0.3 is 10.2 Å². The van der Waals surface area contributed by atoms with Gasteiger partial charge in [-0.3, -0.25) is 9.59 Å². The van der Waals surface area contributed by atoms with Crippen molar-refractivity contribution in [1.29, 1.82) is 0 Å². The van der Waals surface area contributed by atoms with Crippen LogP contribution in [0.1, 0.15) is 23.3 Å². The van der Waals surface area contributed by atoms with Gasteiger partial charge in [-0.1, -0.05) is 23.7 Å². The first kappa shape index (κ1) is 18.0. The topological polar surface area (TPSA) is 49.4 Å². The van der Waals surface area contributed by atoms with Crippen LogP contribution in [-0.2, 0) is 16.0 Å². The average Bonchev–Trinajstić information content (AvgIpc) is 3.11. The predicted octanol–water partition coefficient (Wildman–Crippen LogP) is 4.13. The summed E-state index contributed by atoms with van der Waals surface area (Å²) < 4.78 is 0. The minimum absolute atomic E-state index is 0.00993. The molecule has 0 spiro atoms. The third-order valence-electron chi connectivity index (χ3n) is 4.58. The number of aryl methyl sites for hydroxylation is 1. The van der Waals surface area contributed by atoms with Crippen molar-refractivity contribution < 1.29 is 9.59 Å². The fraction of sp³-hybridized carbons (Fsp3) is 0.368. The van der Waals surface area contributed by atoms with E-state index in [-0.39, 0.29) is 17.7 Å². The number of nitrogens with zero attached hydrogens (tertiary/aromatic N) is 1. The molecule has 1 aromatic carbocycles. The molecule has 1 fully saturated rings. The Kier molecular flexibility index (Phi) is 5.76. The minimum Gasteiger partial charge on any atom is -0.342 e. The summed E-state index contributed by atoms with van der Waals surface area (Å²) in [5, 5.41) is 5.57. The van der Waals surface area contributed by atoms with Gasteiger partial charge >= 0.3 is 0 Å². The Bertz CT molecular complexity index is 753. The van der Waals surface area contributed by atoms with Crippen LogP contribution in [0.3, 0.4) is 0 Å². The van der Waals surface area contributed by atoms with E-state index in [2.05, 4.69) is 5.32 Å². The summed E-state index contributed by atoms with van der Waals surface area (Å²) in [6, 6.07) is 9.42. The summed E-state index contributed by atoms with van der Waals surface area (Å²) in [4.78, 5) is 27.8. The van der Waals surface area contributed by atoms with E-state index in [1.54, 1.807) is 17.4 Å². The molecule has 0 atom stereocenters. The van der Waals surface area contributed by atoms with Crippen LogP contribution < -0.4 is 5.32 Å². The number of benzene rings is 1. The van der Waals surface area contributed by atoms with E-state index >= 15 is 0 Å². The van der Waals surface area contributed by atoms with Crippen molar-refractivity contribution in [3.8, 4) is 0 Å². The van der Waals surface area contributed by atoms with Crippen LogP contribution in [0, 0.1) is 12.8 Å². The van der Waals surface area contributed by atoms with E-state index in [1.807, 2.05) is 41.5 Å². The van der Waals surface area contributed by atoms with Crippen LogP contribution >= 0.6 is 22.9 Å². The van der Waals surface area contributed by atoms with Crippen molar-refractivity contribution >= 4 is 40.4 Å². The van der Waals surface area contributed by atoms with E-state index in [1.165, 1.54) is 0 Å². The Labute approximate surface area is 156 Å². The van der Waals surface area contributed by atoms with Gasteiger partial charge in [-0.25, -0.2) is 0 Å². The predicted molar refractivity (Wildman–Crippen MR) is 102 cm³/mol. The molecular weight excluding hydrogens is 356 g/mol. The van der Waals surface area contributed by atoms with Crippen LogP contribution in [0.4, 0.5) is 5.69 Å². The summed E-state index contributed by atoms with van der Waals surface area (Å²) >= 11 is 7.61. The van der Waals surface area contributed by atoms with Crippen molar-refractivity contribution in [2.75, 3.05) is 18.4 Å². The molecule has 1 aromatic heterocycles. The Morgan fingerprint density at radius 1 is 1.28 bits per heavy atom. The summed E-state index contributed by atoms with van der Waals surface area (Å²) in [6.45, 7) is 3.21. The molecular formula is C19H21ClN2O2S. The number of thiophene rings is 1. The van der Waals surface area contributed by atoms with Gasteiger partial charge in [0.05, 0.1) is 6.42 Å². The number of likely N-dealkylation sites (tertiary alicyclic amines) is 1. The largest absolute Gasteiger partial charge is 0.342 e. The Hall–Kier alpha value is -1.85. The lowest BCUT2D eigenvalue weighted by molar-refractivity contribution is -0.133. The van der Waals surface area contributed by atoms with Crippen molar-refractivity contribution in [1.82, 2.24) is 4.90 Å². The summed E-state index contributed by atoms with van der Waals surface area (Å²) in [5.41, 5.74) is 1.75. The van der Waals surface area contributed by atoms with E-state index in [0.717, 1.165) is 16.1 Å². The highest BCUT2D eigenvalue weighted by molar-refractivity contribution is 7.10. The summed E-state index contributed by atoms with van der Waals surface area (Å²) in [6.07, 6.45) is 1.85. The first-order valence-electron chi connectivity index (χ1n) is 8.40. The minimum atomic E-state index is -0.0656. The van der Waals surface area contributed by atoms with Gasteiger partial charge in [0.15, 0.2) is 0 Å². The second-order valence-corrected chi connectivity index (χ2v) is 7.83. The molecule has 0 unspecified atom stereocenters. The van der Waals surface area contributed by atoms with Gasteiger partial charge in [-0.15, -0.1) is 11.3 Å². The van der Waals surface area contributed by atoms with Gasteiger partial charge in [-0.05, 0) is 48.9 Å². The van der Waals surface area contributed by atoms with Crippen molar-refractivity contribution in [2.24, 2.45) is 5.92 Å². The molecule has 2 aromatic rings. The van der Waals surface area contributed by atoms with Crippen LogP contribution in [0.2, 0.25) is 5.02 Å². The second-order valence-electron chi connectivity index (χ2n) is 6.36. The Morgan fingerprint density at radius 2 is 2.04 bits per heavy atom. The average molecular weight is 377 g/mol. The highest BCUT2D eigenvalue weighted by atomic mass is 35.5. The number of carbonyl (C=O) groups is 2. The maximum atomic E-state index is 12.5. The quantitative estimate of drug-likeness (QED) is 0.872. The summed E-state index contributed by atoms with van der Waals surface area (Å²) in [5.74, 6) is 0.0897. The molecule has 6 heteroatoms. The van der Waals surface area contributed by atoms with E-state index in [0.29, 0.717) is 37.4 Å². The van der Waals surface area contributed by atoms with E-state index in [4.69, 9.17) is 11.6 Å². The van der Waals surface area contributed by atoms with Gasteiger partial charge in [0.25, 0.3) is 0 Å². The second kappa shape index (κ2) is 8.02. The molecule has 0 saturated carbocycles. The van der Waals surface area contributed by atoms with Crippen LogP contribution in [0.5, 0.6) is 0 Å². The van der Waals surface area contributed by atoms with Gasteiger partial charge in [0.2, 0.25) is 11.8 Å². The number of anilines is 1. The first-order valence-corrected chi connectivity index (χ1v) is 9.66.